The molecule has 0 saturated carbocycles. The van der Waals surface area contributed by atoms with Crippen LogP contribution in [0.5, 0.6) is 0 Å². The van der Waals surface area contributed by atoms with Crippen molar-refractivity contribution < 1.29 is 4.79 Å². The highest BCUT2D eigenvalue weighted by atomic mass is 35.5. The van der Waals surface area contributed by atoms with E-state index in [1.165, 1.54) is 5.56 Å². The molecule has 1 amide bonds. The number of alkyl halides is 1. The Labute approximate surface area is 139 Å². The van der Waals surface area contributed by atoms with E-state index in [2.05, 4.69) is 16.9 Å². The van der Waals surface area contributed by atoms with E-state index in [1.807, 2.05) is 24.3 Å². The van der Waals surface area contributed by atoms with Crippen molar-refractivity contribution in [3.05, 3.63) is 51.4 Å². The quantitative estimate of drug-likeness (QED) is 0.876. The third-order valence-corrected chi connectivity index (χ3v) is 4.40. The Kier molecular flexibility index (Phi) is 4.48. The third-order valence-electron chi connectivity index (χ3n) is 4.17. The van der Waals surface area contributed by atoms with Crippen LogP contribution in [0.25, 0.3) is 11.4 Å². The van der Waals surface area contributed by atoms with E-state index in [0.717, 1.165) is 17.7 Å². The summed E-state index contributed by atoms with van der Waals surface area (Å²) in [5.74, 6) is 0.354. The van der Waals surface area contributed by atoms with Crippen molar-refractivity contribution in [2.24, 2.45) is 0 Å². The van der Waals surface area contributed by atoms with Crippen molar-refractivity contribution in [3.8, 4) is 11.4 Å². The number of H-pyrrole nitrogens is 1. The molecule has 6 heteroatoms. The molecule has 0 radical (unpaired) electrons. The molecule has 1 aromatic carbocycles. The first-order valence-electron chi connectivity index (χ1n) is 7.67. The molecule has 1 N–H and O–H groups in total. The molecule has 0 atom stereocenters. The van der Waals surface area contributed by atoms with Gasteiger partial charge in [-0.1, -0.05) is 31.2 Å². The zero-order chi connectivity index (χ0) is 16.4. The summed E-state index contributed by atoms with van der Waals surface area (Å²) in [6, 6.07) is 8.01. The maximum absolute atomic E-state index is 12.4. The number of aromatic amines is 1. The molecule has 3 rings (SSSR count). The SMILES string of the molecule is CCc1ccc(-c2nc3c(c(=O)[nH]2)CN(C(=O)CCl)CC3)cc1. The number of aromatic nitrogens is 2. The van der Waals surface area contributed by atoms with Crippen molar-refractivity contribution in [2.75, 3.05) is 12.4 Å². The summed E-state index contributed by atoms with van der Waals surface area (Å²) in [6.07, 6.45) is 1.54. The second-order valence-electron chi connectivity index (χ2n) is 5.59. The summed E-state index contributed by atoms with van der Waals surface area (Å²) in [4.78, 5) is 33.1. The molecular weight excluding hydrogens is 314 g/mol. The molecule has 2 aromatic rings. The fraction of sp³-hybridized carbons (Fsp3) is 0.353. The van der Waals surface area contributed by atoms with Crippen LogP contribution < -0.4 is 5.56 Å². The van der Waals surface area contributed by atoms with Gasteiger partial charge in [0.15, 0.2) is 0 Å². The maximum atomic E-state index is 12.4. The van der Waals surface area contributed by atoms with Crippen molar-refractivity contribution in [1.82, 2.24) is 14.9 Å². The van der Waals surface area contributed by atoms with Gasteiger partial charge in [0.1, 0.15) is 11.7 Å². The lowest BCUT2D eigenvalue weighted by atomic mass is 10.1. The summed E-state index contributed by atoms with van der Waals surface area (Å²) >= 11 is 5.59. The Morgan fingerprint density at radius 3 is 2.74 bits per heavy atom. The minimum absolute atomic E-state index is 0.0669. The second kappa shape index (κ2) is 6.54. The summed E-state index contributed by atoms with van der Waals surface area (Å²) in [7, 11) is 0. The first-order chi connectivity index (χ1) is 11.1. The number of hydrogen-bond donors (Lipinski definition) is 1. The predicted molar refractivity (Wildman–Crippen MR) is 89.5 cm³/mol. The minimum atomic E-state index is -0.184. The van der Waals surface area contributed by atoms with E-state index in [-0.39, 0.29) is 23.9 Å². The van der Waals surface area contributed by atoms with Crippen molar-refractivity contribution in [2.45, 2.75) is 26.3 Å². The second-order valence-corrected chi connectivity index (χ2v) is 5.86. The van der Waals surface area contributed by atoms with Crippen LogP contribution in [0.4, 0.5) is 0 Å². The van der Waals surface area contributed by atoms with E-state index in [4.69, 9.17) is 11.6 Å². The van der Waals surface area contributed by atoms with Crippen LogP contribution in [0.1, 0.15) is 23.7 Å². The van der Waals surface area contributed by atoms with Gasteiger partial charge in [-0.15, -0.1) is 11.6 Å². The number of nitrogens with one attached hydrogen (secondary N) is 1. The zero-order valence-electron chi connectivity index (χ0n) is 12.9. The number of nitrogens with zero attached hydrogens (tertiary/aromatic N) is 2. The van der Waals surface area contributed by atoms with Crippen LogP contribution in [0, 0.1) is 0 Å². The molecule has 1 aromatic heterocycles. The number of fused-ring (bicyclic) bond motifs is 1. The Morgan fingerprint density at radius 2 is 2.09 bits per heavy atom. The largest absolute Gasteiger partial charge is 0.337 e. The standard InChI is InChI=1S/C17H18ClN3O2/c1-2-11-3-5-12(6-4-11)16-19-14-7-8-21(15(22)9-18)10-13(14)17(23)20-16/h3-6H,2,7-10H2,1H3,(H,19,20,23). The lowest BCUT2D eigenvalue weighted by Gasteiger charge is -2.27. The van der Waals surface area contributed by atoms with Gasteiger partial charge in [0.05, 0.1) is 17.8 Å². The smallest absolute Gasteiger partial charge is 0.256 e. The monoisotopic (exact) mass is 331 g/mol. The van der Waals surface area contributed by atoms with E-state index < -0.39 is 0 Å². The van der Waals surface area contributed by atoms with Gasteiger partial charge >= 0.3 is 0 Å². The number of amides is 1. The number of halogens is 1. The highest BCUT2D eigenvalue weighted by molar-refractivity contribution is 6.27. The molecule has 0 saturated heterocycles. The number of carbonyl (C=O) groups excluding carboxylic acids is 1. The maximum Gasteiger partial charge on any atom is 0.256 e. The average Bonchev–Trinajstić information content (AvgIpc) is 2.60. The molecule has 0 fully saturated rings. The van der Waals surface area contributed by atoms with E-state index in [1.54, 1.807) is 4.90 Å². The molecule has 0 unspecified atom stereocenters. The van der Waals surface area contributed by atoms with Gasteiger partial charge in [0, 0.05) is 18.5 Å². The van der Waals surface area contributed by atoms with Crippen LogP contribution in [0.3, 0.4) is 0 Å². The van der Waals surface area contributed by atoms with Gasteiger partial charge in [0.2, 0.25) is 5.91 Å². The molecule has 2 heterocycles. The van der Waals surface area contributed by atoms with Crippen LogP contribution in [-0.4, -0.2) is 33.2 Å². The molecule has 23 heavy (non-hydrogen) atoms. The van der Waals surface area contributed by atoms with Gasteiger partial charge in [0.25, 0.3) is 5.56 Å². The topological polar surface area (TPSA) is 66.1 Å². The minimum Gasteiger partial charge on any atom is -0.337 e. The highest BCUT2D eigenvalue weighted by Gasteiger charge is 2.24. The zero-order valence-corrected chi connectivity index (χ0v) is 13.7. The Bertz CT molecular complexity index is 783. The van der Waals surface area contributed by atoms with E-state index >= 15 is 0 Å². The molecule has 0 aliphatic carbocycles. The van der Waals surface area contributed by atoms with Gasteiger partial charge in [-0.25, -0.2) is 4.98 Å². The molecule has 1 aliphatic rings. The number of rotatable bonds is 3. The van der Waals surface area contributed by atoms with Gasteiger partial charge < -0.3 is 9.88 Å². The van der Waals surface area contributed by atoms with Gasteiger partial charge in [-0.3, -0.25) is 9.59 Å². The van der Waals surface area contributed by atoms with Crippen LogP contribution in [0.15, 0.2) is 29.1 Å². The number of carbonyl (C=O) groups is 1. The summed E-state index contributed by atoms with van der Waals surface area (Å²) in [5, 5.41) is 0. The third kappa shape index (κ3) is 3.15. The predicted octanol–water partition coefficient (Wildman–Crippen LogP) is 2.12. The summed E-state index contributed by atoms with van der Waals surface area (Å²) in [5.41, 5.74) is 3.27. The van der Waals surface area contributed by atoms with Crippen LogP contribution >= 0.6 is 11.6 Å². The number of hydrogen-bond acceptors (Lipinski definition) is 3. The van der Waals surface area contributed by atoms with Crippen molar-refractivity contribution >= 4 is 17.5 Å². The molecular formula is C17H18ClN3O2. The Hall–Kier alpha value is -2.14. The highest BCUT2D eigenvalue weighted by Crippen LogP contribution is 2.19. The normalized spacial score (nSPS) is 13.7. The number of benzene rings is 1. The first kappa shape index (κ1) is 15.7. The Balaban J connectivity index is 1.94. The van der Waals surface area contributed by atoms with Gasteiger partial charge in [-0.05, 0) is 12.0 Å². The van der Waals surface area contributed by atoms with Crippen LogP contribution in [-0.2, 0) is 24.2 Å². The van der Waals surface area contributed by atoms with Crippen molar-refractivity contribution in [3.63, 3.8) is 0 Å². The molecule has 120 valence electrons. The fourth-order valence-electron chi connectivity index (χ4n) is 2.76. The summed E-state index contributed by atoms with van der Waals surface area (Å²) in [6.45, 7) is 2.92. The molecule has 0 spiro atoms. The Morgan fingerprint density at radius 1 is 1.35 bits per heavy atom. The molecule has 0 bridgehead atoms. The average molecular weight is 332 g/mol. The van der Waals surface area contributed by atoms with E-state index in [9.17, 15) is 9.59 Å². The van der Waals surface area contributed by atoms with Crippen LogP contribution in [0.2, 0.25) is 0 Å². The summed E-state index contributed by atoms with van der Waals surface area (Å²) < 4.78 is 0. The molecule has 5 nitrogen and oxygen atoms in total. The molecule has 1 aliphatic heterocycles. The first-order valence-corrected chi connectivity index (χ1v) is 8.21. The van der Waals surface area contributed by atoms with Crippen molar-refractivity contribution in [1.29, 1.82) is 0 Å². The van der Waals surface area contributed by atoms with Gasteiger partial charge in [-0.2, -0.15) is 0 Å². The number of aryl methyl sites for hydroxylation is 1. The van der Waals surface area contributed by atoms with E-state index in [0.29, 0.717) is 24.4 Å². The lowest BCUT2D eigenvalue weighted by Crippen LogP contribution is -2.40. The lowest BCUT2D eigenvalue weighted by molar-refractivity contribution is -0.129. The fourth-order valence-corrected chi connectivity index (χ4v) is 2.93.